The topological polar surface area (TPSA) is 86.0 Å². The number of aromatic nitrogens is 4. The minimum absolute atomic E-state index is 0.0266. The van der Waals surface area contributed by atoms with E-state index in [1.807, 2.05) is 6.92 Å². The lowest BCUT2D eigenvalue weighted by Gasteiger charge is -2.13. The summed E-state index contributed by atoms with van der Waals surface area (Å²) in [6.45, 7) is 8.84. The Morgan fingerprint density at radius 3 is 2.73 bits per heavy atom. The summed E-state index contributed by atoms with van der Waals surface area (Å²) in [4.78, 5) is 8.76. The van der Waals surface area contributed by atoms with Crippen LogP contribution in [0, 0.1) is 6.92 Å². The smallest absolute Gasteiger partial charge is 0.255 e. The van der Waals surface area contributed by atoms with Crippen molar-refractivity contribution in [1.82, 2.24) is 19.5 Å². The van der Waals surface area contributed by atoms with Gasteiger partial charge >= 0.3 is 0 Å². The van der Waals surface area contributed by atoms with Gasteiger partial charge in [-0.15, -0.1) is 0 Å². The summed E-state index contributed by atoms with van der Waals surface area (Å²) in [6.07, 6.45) is 1.90. The highest BCUT2D eigenvalue weighted by Crippen LogP contribution is 2.32. The number of aryl methyl sites for hydroxylation is 1. The van der Waals surface area contributed by atoms with E-state index in [-0.39, 0.29) is 17.6 Å². The molecule has 3 heterocycles. The molecule has 1 fully saturated rings. The summed E-state index contributed by atoms with van der Waals surface area (Å²) in [5.41, 5.74) is -0.0266. The van der Waals surface area contributed by atoms with E-state index in [0.29, 0.717) is 18.3 Å². The van der Waals surface area contributed by atoms with Crippen LogP contribution >= 0.6 is 11.5 Å². The molecule has 0 amide bonds. The first-order valence-electron chi connectivity index (χ1n) is 7.45. The number of hydrogen-bond donors (Lipinski definition) is 1. The van der Waals surface area contributed by atoms with Gasteiger partial charge in [0.2, 0.25) is 5.13 Å². The molecule has 0 saturated carbocycles. The van der Waals surface area contributed by atoms with Gasteiger partial charge in [0.1, 0.15) is 11.9 Å². The number of anilines is 1. The van der Waals surface area contributed by atoms with E-state index in [9.17, 15) is 0 Å². The number of hydrogen-bond acceptors (Lipinski definition) is 8. The van der Waals surface area contributed by atoms with Crippen LogP contribution in [0.4, 0.5) is 5.13 Å². The Bertz CT molecular complexity index is 633. The molecule has 22 heavy (non-hydrogen) atoms. The maximum atomic E-state index is 5.95. The van der Waals surface area contributed by atoms with E-state index in [2.05, 4.69) is 45.6 Å². The molecule has 0 aliphatic carbocycles. The first-order chi connectivity index (χ1) is 10.4. The Morgan fingerprint density at radius 1 is 1.27 bits per heavy atom. The molecule has 3 rings (SSSR count). The van der Waals surface area contributed by atoms with Crippen molar-refractivity contribution < 1.29 is 9.26 Å². The van der Waals surface area contributed by atoms with Gasteiger partial charge in [0, 0.05) is 23.5 Å². The Morgan fingerprint density at radius 2 is 2.09 bits per heavy atom. The van der Waals surface area contributed by atoms with Crippen LogP contribution in [0.15, 0.2) is 4.52 Å². The molecule has 2 aromatic rings. The SMILES string of the molecule is Cc1noc([C@@H]2CC[C@H](CNc3nc(C(C)(C)C)ns3)O2)n1. The Kier molecular flexibility index (Phi) is 4.14. The summed E-state index contributed by atoms with van der Waals surface area (Å²) >= 11 is 1.39. The van der Waals surface area contributed by atoms with E-state index in [0.717, 1.165) is 23.8 Å². The zero-order chi connectivity index (χ0) is 15.7. The number of ether oxygens (including phenoxy) is 1. The van der Waals surface area contributed by atoms with Crippen molar-refractivity contribution in [3.8, 4) is 0 Å². The molecule has 7 nitrogen and oxygen atoms in total. The van der Waals surface area contributed by atoms with Crippen LogP contribution in [-0.2, 0) is 10.2 Å². The zero-order valence-electron chi connectivity index (χ0n) is 13.3. The molecule has 1 aliphatic heterocycles. The summed E-state index contributed by atoms with van der Waals surface area (Å²) in [5.74, 6) is 2.08. The second-order valence-corrected chi connectivity index (χ2v) is 7.31. The predicted molar refractivity (Wildman–Crippen MR) is 83.0 cm³/mol. The molecule has 2 atom stereocenters. The second kappa shape index (κ2) is 5.92. The molecule has 1 N–H and O–H groups in total. The normalized spacial score (nSPS) is 22.2. The third-order valence-corrected chi connectivity index (χ3v) is 4.18. The van der Waals surface area contributed by atoms with Crippen molar-refractivity contribution in [2.24, 2.45) is 0 Å². The number of nitrogens with zero attached hydrogens (tertiary/aromatic N) is 4. The Hall–Kier alpha value is -1.54. The van der Waals surface area contributed by atoms with Crippen LogP contribution in [0.3, 0.4) is 0 Å². The first kappa shape index (κ1) is 15.4. The van der Waals surface area contributed by atoms with E-state index in [4.69, 9.17) is 9.26 Å². The maximum absolute atomic E-state index is 5.95. The van der Waals surface area contributed by atoms with Crippen LogP contribution in [0.2, 0.25) is 0 Å². The standard InChI is InChI=1S/C14H21N5O2S/c1-8-16-11(21-18-8)10-6-5-9(20-10)7-15-13-17-12(19-22-13)14(2,3)4/h9-10H,5-7H2,1-4H3,(H,15,17,19)/t9-,10+/m1/s1. The first-order valence-corrected chi connectivity index (χ1v) is 8.23. The van der Waals surface area contributed by atoms with Gasteiger partial charge in [0.05, 0.1) is 6.10 Å². The highest BCUT2D eigenvalue weighted by molar-refractivity contribution is 7.09. The highest BCUT2D eigenvalue weighted by atomic mass is 32.1. The van der Waals surface area contributed by atoms with E-state index in [1.54, 1.807) is 0 Å². The van der Waals surface area contributed by atoms with Gasteiger partial charge in [-0.1, -0.05) is 25.9 Å². The van der Waals surface area contributed by atoms with Crippen LogP contribution in [0.1, 0.15) is 57.3 Å². The molecule has 0 bridgehead atoms. The molecule has 2 aromatic heterocycles. The lowest BCUT2D eigenvalue weighted by atomic mass is 9.96. The fourth-order valence-electron chi connectivity index (χ4n) is 2.28. The van der Waals surface area contributed by atoms with E-state index >= 15 is 0 Å². The van der Waals surface area contributed by atoms with Crippen LogP contribution < -0.4 is 5.32 Å². The molecule has 0 unspecified atom stereocenters. The minimum atomic E-state index is -0.0902. The van der Waals surface area contributed by atoms with Crippen LogP contribution in [0.25, 0.3) is 0 Å². The monoisotopic (exact) mass is 323 g/mol. The quantitative estimate of drug-likeness (QED) is 0.925. The summed E-state index contributed by atoms with van der Waals surface area (Å²) in [6, 6.07) is 0. The Balaban J connectivity index is 1.52. The number of rotatable bonds is 4. The summed E-state index contributed by atoms with van der Waals surface area (Å²) in [5, 5.41) is 7.96. The average Bonchev–Trinajstić information content (AvgIpc) is 3.15. The molecule has 0 aromatic carbocycles. The molecule has 1 aliphatic rings. The third kappa shape index (κ3) is 3.44. The predicted octanol–water partition coefficient (Wildman–Crippen LogP) is 2.86. The zero-order valence-corrected chi connectivity index (χ0v) is 14.1. The van der Waals surface area contributed by atoms with Crippen molar-refractivity contribution in [3.63, 3.8) is 0 Å². The van der Waals surface area contributed by atoms with E-state index in [1.165, 1.54) is 11.5 Å². The lowest BCUT2D eigenvalue weighted by Crippen LogP contribution is -2.19. The van der Waals surface area contributed by atoms with Gasteiger partial charge in [-0.2, -0.15) is 9.36 Å². The minimum Gasteiger partial charge on any atom is -0.363 e. The summed E-state index contributed by atoms with van der Waals surface area (Å²) < 4.78 is 15.5. The van der Waals surface area contributed by atoms with Crippen LogP contribution in [0.5, 0.6) is 0 Å². The summed E-state index contributed by atoms with van der Waals surface area (Å²) in [7, 11) is 0. The molecule has 1 saturated heterocycles. The van der Waals surface area contributed by atoms with Gasteiger partial charge in [0.25, 0.3) is 5.89 Å². The molecule has 0 radical (unpaired) electrons. The fraction of sp³-hybridized carbons (Fsp3) is 0.714. The van der Waals surface area contributed by atoms with Gasteiger partial charge in [0.15, 0.2) is 5.82 Å². The van der Waals surface area contributed by atoms with Crippen molar-refractivity contribution in [2.75, 3.05) is 11.9 Å². The number of nitrogens with one attached hydrogen (secondary N) is 1. The largest absolute Gasteiger partial charge is 0.363 e. The molecular weight excluding hydrogens is 302 g/mol. The lowest BCUT2D eigenvalue weighted by molar-refractivity contribution is 0.0326. The van der Waals surface area contributed by atoms with Gasteiger partial charge in [-0.25, -0.2) is 4.98 Å². The van der Waals surface area contributed by atoms with Gasteiger partial charge in [-0.05, 0) is 19.8 Å². The molecular formula is C14H21N5O2S. The van der Waals surface area contributed by atoms with Crippen molar-refractivity contribution in [1.29, 1.82) is 0 Å². The van der Waals surface area contributed by atoms with Gasteiger partial charge in [-0.3, -0.25) is 0 Å². The van der Waals surface area contributed by atoms with E-state index < -0.39 is 0 Å². The van der Waals surface area contributed by atoms with Crippen molar-refractivity contribution in [2.45, 2.75) is 58.2 Å². The second-order valence-electron chi connectivity index (χ2n) is 6.56. The third-order valence-electron chi connectivity index (χ3n) is 3.50. The Labute approximate surface area is 133 Å². The molecule has 120 valence electrons. The maximum Gasteiger partial charge on any atom is 0.255 e. The van der Waals surface area contributed by atoms with Crippen LogP contribution in [-0.4, -0.2) is 32.1 Å². The molecule has 0 spiro atoms. The van der Waals surface area contributed by atoms with Gasteiger partial charge < -0.3 is 14.6 Å². The van der Waals surface area contributed by atoms with Crippen molar-refractivity contribution in [3.05, 3.63) is 17.5 Å². The van der Waals surface area contributed by atoms with Crippen molar-refractivity contribution >= 4 is 16.7 Å². The highest BCUT2D eigenvalue weighted by Gasteiger charge is 2.30. The fourth-order valence-corrected chi connectivity index (χ4v) is 3.05. The molecule has 8 heteroatoms. The average molecular weight is 323 g/mol.